The van der Waals surface area contributed by atoms with Crippen molar-refractivity contribution in [2.75, 3.05) is 6.61 Å². The molecule has 3 N–H and O–H groups in total. The molecule has 0 spiro atoms. The molecule has 0 aliphatic rings. The van der Waals surface area contributed by atoms with E-state index in [2.05, 4.69) is 31.3 Å². The standard InChI is InChI=1S/C36H71NO3/c1-3-5-7-9-11-13-15-16-17-18-19-20-21-22-24-26-28-30-32-36(40)37-34(33-38)35(39)31-29-27-25-23-14-12-10-8-6-4-2/h14,23,34-35,38-39H,3-13,15-22,24-33H2,1-2H3,(H,37,40)/b23-14+/t34-,35+/m0/s1. The topological polar surface area (TPSA) is 69.6 Å². The molecule has 0 radical (unpaired) electrons. The summed E-state index contributed by atoms with van der Waals surface area (Å²) in [4.78, 5) is 12.3. The van der Waals surface area contributed by atoms with Gasteiger partial charge in [0, 0.05) is 6.42 Å². The highest BCUT2D eigenvalue weighted by atomic mass is 16.3. The molecular weight excluding hydrogens is 494 g/mol. The SMILES string of the molecule is CCCCCC/C=C/CCCC[C@@H](O)[C@H](CO)NC(=O)CCCCCCCCCCCCCCCCCCCC. The van der Waals surface area contributed by atoms with E-state index in [0.717, 1.165) is 32.1 Å². The number of rotatable bonds is 32. The van der Waals surface area contributed by atoms with Crippen molar-refractivity contribution in [3.63, 3.8) is 0 Å². The zero-order valence-corrected chi connectivity index (χ0v) is 27.1. The van der Waals surface area contributed by atoms with Crippen molar-refractivity contribution in [2.45, 2.75) is 206 Å². The van der Waals surface area contributed by atoms with Crippen LogP contribution in [0, 0.1) is 0 Å². The predicted molar refractivity (Wildman–Crippen MR) is 175 cm³/mol. The molecule has 1 amide bonds. The molecule has 0 aliphatic carbocycles. The molecule has 0 bridgehead atoms. The zero-order valence-electron chi connectivity index (χ0n) is 27.1. The van der Waals surface area contributed by atoms with E-state index in [9.17, 15) is 15.0 Å². The van der Waals surface area contributed by atoms with Gasteiger partial charge in [0.05, 0.1) is 18.8 Å². The first-order valence-corrected chi connectivity index (χ1v) is 17.9. The van der Waals surface area contributed by atoms with E-state index in [0.29, 0.717) is 12.8 Å². The van der Waals surface area contributed by atoms with E-state index in [1.54, 1.807) is 0 Å². The number of aliphatic hydroxyl groups excluding tert-OH is 2. The summed E-state index contributed by atoms with van der Waals surface area (Å²) in [6, 6.07) is -0.544. The average molecular weight is 566 g/mol. The molecule has 0 saturated heterocycles. The molecule has 238 valence electrons. The lowest BCUT2D eigenvalue weighted by Crippen LogP contribution is -2.45. The Hall–Kier alpha value is -0.870. The summed E-state index contributed by atoms with van der Waals surface area (Å²) in [5.41, 5.74) is 0. The van der Waals surface area contributed by atoms with E-state index in [1.807, 2.05) is 0 Å². The summed E-state index contributed by atoms with van der Waals surface area (Å²) >= 11 is 0. The number of carbonyl (C=O) groups is 1. The molecule has 4 nitrogen and oxygen atoms in total. The van der Waals surface area contributed by atoms with Crippen LogP contribution in [0.4, 0.5) is 0 Å². The lowest BCUT2D eigenvalue weighted by Gasteiger charge is -2.22. The zero-order chi connectivity index (χ0) is 29.4. The Morgan fingerprint density at radius 3 is 1.38 bits per heavy atom. The molecule has 0 saturated carbocycles. The van der Waals surface area contributed by atoms with Crippen LogP contribution in [-0.4, -0.2) is 34.9 Å². The van der Waals surface area contributed by atoms with E-state index >= 15 is 0 Å². The van der Waals surface area contributed by atoms with Crippen LogP contribution in [0.15, 0.2) is 12.2 Å². The molecule has 0 aromatic rings. The number of nitrogens with one attached hydrogen (secondary N) is 1. The minimum absolute atomic E-state index is 0.0411. The molecule has 40 heavy (non-hydrogen) atoms. The maximum absolute atomic E-state index is 12.3. The van der Waals surface area contributed by atoms with Crippen molar-refractivity contribution in [1.29, 1.82) is 0 Å². The number of unbranched alkanes of at least 4 members (excludes halogenated alkanes) is 23. The number of hydrogen-bond acceptors (Lipinski definition) is 3. The Kier molecular flexibility index (Phi) is 31.9. The number of carbonyl (C=O) groups excluding carboxylic acids is 1. The fourth-order valence-electron chi connectivity index (χ4n) is 5.47. The number of amides is 1. The third kappa shape index (κ3) is 28.7. The Morgan fingerprint density at radius 1 is 0.575 bits per heavy atom. The van der Waals surface area contributed by atoms with Gasteiger partial charge < -0.3 is 15.5 Å². The fraction of sp³-hybridized carbons (Fsp3) is 0.917. The van der Waals surface area contributed by atoms with Crippen molar-refractivity contribution in [2.24, 2.45) is 0 Å². The van der Waals surface area contributed by atoms with Gasteiger partial charge in [-0.25, -0.2) is 0 Å². The van der Waals surface area contributed by atoms with Crippen molar-refractivity contribution in [3.05, 3.63) is 12.2 Å². The van der Waals surface area contributed by atoms with Crippen molar-refractivity contribution >= 4 is 5.91 Å². The van der Waals surface area contributed by atoms with Crippen molar-refractivity contribution in [1.82, 2.24) is 5.32 Å². The smallest absolute Gasteiger partial charge is 0.220 e. The summed E-state index contributed by atoms with van der Waals surface area (Å²) in [5.74, 6) is -0.0411. The minimum Gasteiger partial charge on any atom is -0.394 e. The maximum Gasteiger partial charge on any atom is 0.220 e. The van der Waals surface area contributed by atoms with E-state index in [-0.39, 0.29) is 12.5 Å². The van der Waals surface area contributed by atoms with E-state index in [1.165, 1.54) is 135 Å². The molecule has 4 heteroatoms. The molecule has 0 heterocycles. The molecule has 0 unspecified atom stereocenters. The van der Waals surface area contributed by atoms with Crippen LogP contribution in [0.5, 0.6) is 0 Å². The summed E-state index contributed by atoms with van der Waals surface area (Å²) in [5, 5.41) is 22.9. The normalized spacial score (nSPS) is 13.2. The second kappa shape index (κ2) is 32.6. The van der Waals surface area contributed by atoms with Crippen LogP contribution in [0.3, 0.4) is 0 Å². The third-order valence-electron chi connectivity index (χ3n) is 8.28. The van der Waals surface area contributed by atoms with E-state index < -0.39 is 12.1 Å². The number of allylic oxidation sites excluding steroid dienone is 2. The molecule has 0 aromatic heterocycles. The first kappa shape index (κ1) is 39.1. The predicted octanol–water partition coefficient (Wildman–Crippen LogP) is 10.3. The summed E-state index contributed by atoms with van der Waals surface area (Å²) < 4.78 is 0. The molecule has 0 aromatic carbocycles. The van der Waals surface area contributed by atoms with Crippen LogP contribution < -0.4 is 5.32 Å². The molecule has 0 aliphatic heterocycles. The second-order valence-corrected chi connectivity index (χ2v) is 12.3. The van der Waals surface area contributed by atoms with Gasteiger partial charge in [-0.2, -0.15) is 0 Å². The Bertz CT molecular complexity index is 536. The fourth-order valence-corrected chi connectivity index (χ4v) is 5.47. The van der Waals surface area contributed by atoms with Crippen LogP contribution >= 0.6 is 0 Å². The highest BCUT2D eigenvalue weighted by Gasteiger charge is 2.19. The van der Waals surface area contributed by atoms with E-state index in [4.69, 9.17) is 0 Å². The lowest BCUT2D eigenvalue weighted by atomic mass is 10.0. The highest BCUT2D eigenvalue weighted by Crippen LogP contribution is 2.15. The maximum atomic E-state index is 12.3. The van der Waals surface area contributed by atoms with Crippen LogP contribution in [0.2, 0.25) is 0 Å². The van der Waals surface area contributed by atoms with Gasteiger partial charge in [-0.05, 0) is 38.5 Å². The largest absolute Gasteiger partial charge is 0.394 e. The van der Waals surface area contributed by atoms with Gasteiger partial charge >= 0.3 is 0 Å². The third-order valence-corrected chi connectivity index (χ3v) is 8.28. The summed E-state index contributed by atoms with van der Waals surface area (Å²) in [6.07, 6.45) is 38.4. The first-order valence-electron chi connectivity index (χ1n) is 17.9. The number of aliphatic hydroxyl groups is 2. The number of hydrogen-bond donors (Lipinski definition) is 3. The van der Waals surface area contributed by atoms with Gasteiger partial charge in [0.25, 0.3) is 0 Å². The van der Waals surface area contributed by atoms with Gasteiger partial charge in [0.2, 0.25) is 5.91 Å². The Balaban J connectivity index is 3.53. The summed E-state index contributed by atoms with van der Waals surface area (Å²) in [7, 11) is 0. The molecule has 0 fully saturated rings. The first-order chi connectivity index (χ1) is 19.7. The quantitative estimate of drug-likeness (QED) is 0.0561. The van der Waals surface area contributed by atoms with Crippen molar-refractivity contribution < 1.29 is 15.0 Å². The van der Waals surface area contributed by atoms with Crippen LogP contribution in [0.1, 0.15) is 194 Å². The Labute approximate surface area is 250 Å². The molecular formula is C36H71NO3. The molecule has 2 atom stereocenters. The van der Waals surface area contributed by atoms with Crippen LogP contribution in [-0.2, 0) is 4.79 Å². The van der Waals surface area contributed by atoms with Gasteiger partial charge in [0.1, 0.15) is 0 Å². The highest BCUT2D eigenvalue weighted by molar-refractivity contribution is 5.76. The average Bonchev–Trinajstić information content (AvgIpc) is 2.96. The van der Waals surface area contributed by atoms with Crippen molar-refractivity contribution in [3.8, 4) is 0 Å². The lowest BCUT2D eigenvalue weighted by molar-refractivity contribution is -0.123. The Morgan fingerprint density at radius 2 is 0.950 bits per heavy atom. The van der Waals surface area contributed by atoms with Gasteiger partial charge in [0.15, 0.2) is 0 Å². The van der Waals surface area contributed by atoms with Gasteiger partial charge in [-0.15, -0.1) is 0 Å². The van der Waals surface area contributed by atoms with Gasteiger partial charge in [-0.1, -0.05) is 161 Å². The second-order valence-electron chi connectivity index (χ2n) is 12.3. The van der Waals surface area contributed by atoms with Crippen LogP contribution in [0.25, 0.3) is 0 Å². The minimum atomic E-state index is -0.674. The molecule has 0 rings (SSSR count). The monoisotopic (exact) mass is 566 g/mol. The van der Waals surface area contributed by atoms with Gasteiger partial charge in [-0.3, -0.25) is 4.79 Å². The summed E-state index contributed by atoms with van der Waals surface area (Å²) in [6.45, 7) is 4.31.